The SMILES string of the molecule is I.NC(=NCCCN1CCOCC1)NCCCCN1CCCC1. The summed E-state index contributed by atoms with van der Waals surface area (Å²) >= 11 is 0. The standard InChI is InChI=1S/C16H33N5O.HI/c17-16(18-6-1-2-8-20-9-3-4-10-20)19-7-5-11-21-12-14-22-15-13-21;/h1-15H2,(H3,17,18,19);1H. The number of nitrogens with one attached hydrogen (secondary N) is 1. The van der Waals surface area contributed by atoms with Crippen LogP contribution in [0.3, 0.4) is 0 Å². The number of nitrogens with two attached hydrogens (primary N) is 1. The smallest absolute Gasteiger partial charge is 0.188 e. The van der Waals surface area contributed by atoms with Crippen molar-refractivity contribution in [2.24, 2.45) is 10.7 Å². The molecule has 0 radical (unpaired) electrons. The summed E-state index contributed by atoms with van der Waals surface area (Å²) in [6, 6.07) is 0. The van der Waals surface area contributed by atoms with Gasteiger partial charge in [-0.3, -0.25) is 9.89 Å². The summed E-state index contributed by atoms with van der Waals surface area (Å²) in [6.07, 6.45) is 6.24. The van der Waals surface area contributed by atoms with Crippen molar-refractivity contribution in [1.29, 1.82) is 0 Å². The third-order valence-electron chi connectivity index (χ3n) is 4.42. The van der Waals surface area contributed by atoms with Crippen molar-refractivity contribution in [1.82, 2.24) is 15.1 Å². The van der Waals surface area contributed by atoms with Crippen molar-refractivity contribution in [2.75, 3.05) is 65.6 Å². The van der Waals surface area contributed by atoms with Crippen LogP contribution in [0.5, 0.6) is 0 Å². The molecule has 3 N–H and O–H groups in total. The number of ether oxygens (including phenoxy) is 1. The minimum atomic E-state index is 0. The maximum absolute atomic E-state index is 5.89. The zero-order chi connectivity index (χ0) is 15.5. The number of nitrogens with zero attached hydrogens (tertiary/aromatic N) is 3. The van der Waals surface area contributed by atoms with E-state index in [1.807, 2.05) is 0 Å². The Morgan fingerprint density at radius 1 is 0.957 bits per heavy atom. The second kappa shape index (κ2) is 13.2. The molecule has 0 atom stereocenters. The normalized spacial score (nSPS) is 20.4. The second-order valence-corrected chi connectivity index (χ2v) is 6.26. The lowest BCUT2D eigenvalue weighted by Crippen LogP contribution is -2.37. The Hall–Kier alpha value is -0.120. The molecule has 0 aromatic carbocycles. The third kappa shape index (κ3) is 9.69. The first kappa shape index (κ1) is 20.9. The third-order valence-corrected chi connectivity index (χ3v) is 4.42. The van der Waals surface area contributed by atoms with Gasteiger partial charge in [0.15, 0.2) is 5.96 Å². The monoisotopic (exact) mass is 439 g/mol. The molecule has 0 spiro atoms. The van der Waals surface area contributed by atoms with Crippen LogP contribution < -0.4 is 11.1 Å². The lowest BCUT2D eigenvalue weighted by atomic mass is 10.3. The molecular formula is C16H34IN5O. The van der Waals surface area contributed by atoms with Gasteiger partial charge in [-0.25, -0.2) is 0 Å². The van der Waals surface area contributed by atoms with Gasteiger partial charge < -0.3 is 20.7 Å². The molecule has 136 valence electrons. The molecule has 7 heteroatoms. The largest absolute Gasteiger partial charge is 0.379 e. The maximum Gasteiger partial charge on any atom is 0.188 e. The number of guanidine groups is 1. The average Bonchev–Trinajstić information content (AvgIpc) is 3.06. The zero-order valence-corrected chi connectivity index (χ0v) is 16.7. The number of halogens is 1. The van der Waals surface area contributed by atoms with Crippen LogP contribution in [-0.2, 0) is 4.74 Å². The second-order valence-electron chi connectivity index (χ2n) is 6.26. The van der Waals surface area contributed by atoms with Crippen LogP contribution in [0.4, 0.5) is 0 Å². The Morgan fingerprint density at radius 3 is 2.35 bits per heavy atom. The van der Waals surface area contributed by atoms with Crippen LogP contribution >= 0.6 is 24.0 Å². The van der Waals surface area contributed by atoms with Crippen LogP contribution in [0.2, 0.25) is 0 Å². The molecule has 2 rings (SSSR count). The van der Waals surface area contributed by atoms with E-state index in [9.17, 15) is 0 Å². The summed E-state index contributed by atoms with van der Waals surface area (Å²) in [7, 11) is 0. The van der Waals surface area contributed by atoms with Gasteiger partial charge in [0.05, 0.1) is 13.2 Å². The van der Waals surface area contributed by atoms with E-state index in [4.69, 9.17) is 10.5 Å². The Morgan fingerprint density at radius 2 is 1.61 bits per heavy atom. The number of rotatable bonds is 9. The highest BCUT2D eigenvalue weighted by molar-refractivity contribution is 14.0. The van der Waals surface area contributed by atoms with Gasteiger partial charge in [-0.1, -0.05) is 0 Å². The minimum Gasteiger partial charge on any atom is -0.379 e. The van der Waals surface area contributed by atoms with Gasteiger partial charge in [0.2, 0.25) is 0 Å². The van der Waals surface area contributed by atoms with Crippen molar-refractivity contribution in [3.63, 3.8) is 0 Å². The van der Waals surface area contributed by atoms with Gasteiger partial charge in [-0.05, 0) is 51.7 Å². The molecule has 0 unspecified atom stereocenters. The first-order valence-electron chi connectivity index (χ1n) is 8.91. The zero-order valence-electron chi connectivity index (χ0n) is 14.3. The molecule has 2 fully saturated rings. The molecule has 0 bridgehead atoms. The summed E-state index contributed by atoms with van der Waals surface area (Å²) in [5.74, 6) is 0.600. The summed E-state index contributed by atoms with van der Waals surface area (Å²) in [6.45, 7) is 10.5. The number of aliphatic imine (C=N–C) groups is 1. The minimum absolute atomic E-state index is 0. The first-order chi connectivity index (χ1) is 10.8. The maximum atomic E-state index is 5.89. The fraction of sp³-hybridized carbons (Fsp3) is 0.938. The van der Waals surface area contributed by atoms with Gasteiger partial charge in [-0.2, -0.15) is 0 Å². The molecule has 2 saturated heterocycles. The van der Waals surface area contributed by atoms with E-state index in [-0.39, 0.29) is 24.0 Å². The topological polar surface area (TPSA) is 66.1 Å². The lowest BCUT2D eigenvalue weighted by Gasteiger charge is -2.26. The van der Waals surface area contributed by atoms with E-state index in [1.54, 1.807) is 0 Å². The van der Waals surface area contributed by atoms with E-state index in [0.29, 0.717) is 5.96 Å². The Labute approximate surface area is 158 Å². The highest BCUT2D eigenvalue weighted by Gasteiger charge is 2.10. The van der Waals surface area contributed by atoms with Crippen LogP contribution in [0.15, 0.2) is 4.99 Å². The summed E-state index contributed by atoms with van der Waals surface area (Å²) in [5, 5.41) is 3.22. The van der Waals surface area contributed by atoms with Crippen molar-refractivity contribution in [3.8, 4) is 0 Å². The summed E-state index contributed by atoms with van der Waals surface area (Å²) in [5.41, 5.74) is 5.89. The Bertz CT molecular complexity index is 318. The Kier molecular flexibility index (Phi) is 12.0. The molecule has 6 nitrogen and oxygen atoms in total. The molecule has 2 heterocycles. The van der Waals surface area contributed by atoms with Crippen LogP contribution in [0.25, 0.3) is 0 Å². The number of likely N-dealkylation sites (tertiary alicyclic amines) is 1. The van der Waals surface area contributed by atoms with Crippen LogP contribution in [0.1, 0.15) is 32.1 Å². The quantitative estimate of drug-likeness (QED) is 0.244. The van der Waals surface area contributed by atoms with Gasteiger partial charge in [0.25, 0.3) is 0 Å². The molecular weight excluding hydrogens is 405 g/mol. The molecule has 0 aliphatic carbocycles. The highest BCUT2D eigenvalue weighted by Crippen LogP contribution is 2.07. The van der Waals surface area contributed by atoms with E-state index in [2.05, 4.69) is 20.1 Å². The van der Waals surface area contributed by atoms with E-state index in [0.717, 1.165) is 52.4 Å². The van der Waals surface area contributed by atoms with Gasteiger partial charge in [0.1, 0.15) is 0 Å². The van der Waals surface area contributed by atoms with Gasteiger partial charge in [0, 0.05) is 32.7 Å². The molecule has 2 aliphatic heterocycles. The molecule has 23 heavy (non-hydrogen) atoms. The number of hydrogen-bond donors (Lipinski definition) is 2. The molecule has 0 aromatic rings. The summed E-state index contributed by atoms with van der Waals surface area (Å²) < 4.78 is 5.34. The van der Waals surface area contributed by atoms with Crippen molar-refractivity contribution >= 4 is 29.9 Å². The number of unbranched alkanes of at least 4 members (excludes halogenated alkanes) is 1. The molecule has 0 amide bonds. The fourth-order valence-corrected chi connectivity index (χ4v) is 3.06. The van der Waals surface area contributed by atoms with Gasteiger partial charge >= 0.3 is 0 Å². The van der Waals surface area contributed by atoms with Crippen LogP contribution in [0, 0.1) is 0 Å². The lowest BCUT2D eigenvalue weighted by molar-refractivity contribution is 0.0377. The number of hydrogen-bond acceptors (Lipinski definition) is 4. The average molecular weight is 439 g/mol. The highest BCUT2D eigenvalue weighted by atomic mass is 127. The van der Waals surface area contributed by atoms with E-state index >= 15 is 0 Å². The van der Waals surface area contributed by atoms with E-state index < -0.39 is 0 Å². The molecule has 2 aliphatic rings. The van der Waals surface area contributed by atoms with Crippen molar-refractivity contribution in [3.05, 3.63) is 0 Å². The van der Waals surface area contributed by atoms with Crippen LogP contribution in [-0.4, -0.2) is 81.3 Å². The van der Waals surface area contributed by atoms with Crippen molar-refractivity contribution < 1.29 is 4.74 Å². The first-order valence-corrected chi connectivity index (χ1v) is 8.91. The number of morpholine rings is 1. The Balaban J connectivity index is 0.00000264. The molecule has 0 aromatic heterocycles. The van der Waals surface area contributed by atoms with Gasteiger partial charge in [-0.15, -0.1) is 24.0 Å². The van der Waals surface area contributed by atoms with E-state index in [1.165, 1.54) is 45.3 Å². The van der Waals surface area contributed by atoms with Crippen molar-refractivity contribution in [2.45, 2.75) is 32.1 Å². The molecule has 0 saturated carbocycles. The predicted molar refractivity (Wildman–Crippen MR) is 107 cm³/mol. The fourth-order valence-electron chi connectivity index (χ4n) is 3.06. The predicted octanol–water partition coefficient (Wildman–Crippen LogP) is 1.11. The summed E-state index contributed by atoms with van der Waals surface area (Å²) in [4.78, 5) is 9.39.